The van der Waals surface area contributed by atoms with Gasteiger partial charge in [0.15, 0.2) is 9.84 Å². The third kappa shape index (κ3) is 6.04. The highest BCUT2D eigenvalue weighted by Gasteiger charge is 2.08. The van der Waals surface area contributed by atoms with Crippen molar-refractivity contribution in [3.05, 3.63) is 29.6 Å². The van der Waals surface area contributed by atoms with E-state index in [1.54, 1.807) is 6.92 Å². The number of halogens is 1. The van der Waals surface area contributed by atoms with E-state index in [0.717, 1.165) is 0 Å². The predicted molar refractivity (Wildman–Crippen MR) is 74.8 cm³/mol. The molecule has 4 nitrogen and oxygen atoms in total. The summed E-state index contributed by atoms with van der Waals surface area (Å²) in [4.78, 5) is 0. The van der Waals surface area contributed by atoms with Gasteiger partial charge in [-0.1, -0.05) is 18.8 Å². The van der Waals surface area contributed by atoms with Crippen LogP contribution in [0.1, 0.15) is 18.9 Å². The van der Waals surface area contributed by atoms with Crippen LogP contribution in [-0.4, -0.2) is 38.2 Å². The summed E-state index contributed by atoms with van der Waals surface area (Å²) in [5.74, 6) is 5.06. The average molecular weight is 300 g/mol. The summed E-state index contributed by atoms with van der Waals surface area (Å²) in [7, 11) is -3.10. The molecular formula is C14H17FO4S. The summed E-state index contributed by atoms with van der Waals surface area (Å²) in [6.45, 7) is 1.48. The van der Waals surface area contributed by atoms with E-state index in [-0.39, 0.29) is 30.5 Å². The van der Waals surface area contributed by atoms with E-state index in [4.69, 9.17) is 9.84 Å². The third-order valence-electron chi connectivity index (χ3n) is 2.44. The Bertz CT molecular complexity index is 599. The molecule has 0 saturated heterocycles. The van der Waals surface area contributed by atoms with Crippen molar-refractivity contribution in [1.29, 1.82) is 0 Å². The summed E-state index contributed by atoms with van der Waals surface area (Å²) in [6.07, 6.45) is 0.307. The molecule has 1 aromatic carbocycles. The van der Waals surface area contributed by atoms with Crippen molar-refractivity contribution >= 4 is 9.84 Å². The fourth-order valence-electron chi connectivity index (χ4n) is 1.37. The molecule has 0 radical (unpaired) electrons. The van der Waals surface area contributed by atoms with Gasteiger partial charge in [-0.15, -0.1) is 0 Å². The van der Waals surface area contributed by atoms with Crippen LogP contribution in [0.3, 0.4) is 0 Å². The number of hydrogen-bond acceptors (Lipinski definition) is 4. The lowest BCUT2D eigenvalue weighted by Crippen LogP contribution is -2.15. The number of benzene rings is 1. The molecule has 0 atom stereocenters. The maximum Gasteiger partial charge on any atom is 0.153 e. The van der Waals surface area contributed by atoms with Crippen molar-refractivity contribution in [2.75, 3.05) is 24.7 Å². The molecule has 0 unspecified atom stereocenters. The first-order chi connectivity index (χ1) is 9.46. The zero-order chi connectivity index (χ0) is 15.0. The van der Waals surface area contributed by atoms with Gasteiger partial charge in [0.25, 0.3) is 0 Å². The number of sulfone groups is 1. The molecule has 0 aromatic heterocycles. The van der Waals surface area contributed by atoms with Gasteiger partial charge in [-0.25, -0.2) is 12.8 Å². The van der Waals surface area contributed by atoms with E-state index in [1.807, 2.05) is 0 Å². The monoisotopic (exact) mass is 300 g/mol. The number of rotatable bonds is 6. The van der Waals surface area contributed by atoms with Crippen molar-refractivity contribution in [3.8, 4) is 17.6 Å². The fraction of sp³-hybridized carbons (Fsp3) is 0.429. The standard InChI is InChI=1S/C14H17FO4S/c1-2-20(17,18)8-7-19-14-10-12(5-3-4-6-16)9-13(15)11-14/h9-11,16H,2,4,6-8H2,1H3. The molecule has 20 heavy (non-hydrogen) atoms. The summed E-state index contributed by atoms with van der Waals surface area (Å²) in [6, 6.07) is 3.96. The summed E-state index contributed by atoms with van der Waals surface area (Å²) < 4.78 is 41.2. The van der Waals surface area contributed by atoms with E-state index in [0.29, 0.717) is 12.0 Å². The van der Waals surface area contributed by atoms with Gasteiger partial charge in [0.05, 0.1) is 12.4 Å². The summed E-state index contributed by atoms with van der Waals surface area (Å²) in [5.41, 5.74) is 0.423. The van der Waals surface area contributed by atoms with Gasteiger partial charge in [-0.3, -0.25) is 0 Å². The van der Waals surface area contributed by atoms with Crippen LogP contribution in [0.4, 0.5) is 4.39 Å². The van der Waals surface area contributed by atoms with Crippen molar-refractivity contribution in [3.63, 3.8) is 0 Å². The Balaban J connectivity index is 2.69. The topological polar surface area (TPSA) is 63.6 Å². The van der Waals surface area contributed by atoms with Gasteiger partial charge in [0.1, 0.15) is 18.2 Å². The Morgan fingerprint density at radius 2 is 2.10 bits per heavy atom. The molecule has 6 heteroatoms. The second kappa shape index (κ2) is 7.88. The van der Waals surface area contributed by atoms with Crippen LogP contribution < -0.4 is 4.74 Å². The van der Waals surface area contributed by atoms with Crippen LogP contribution in [0.15, 0.2) is 18.2 Å². The maximum atomic E-state index is 13.3. The first-order valence-corrected chi connectivity index (χ1v) is 8.02. The van der Waals surface area contributed by atoms with Crippen LogP contribution in [0, 0.1) is 17.7 Å². The Kier molecular flexibility index (Phi) is 6.49. The first kappa shape index (κ1) is 16.5. The van der Waals surface area contributed by atoms with E-state index in [1.165, 1.54) is 18.2 Å². The minimum absolute atomic E-state index is 0.0247. The second-order valence-corrected chi connectivity index (χ2v) is 6.51. The number of hydrogen-bond donors (Lipinski definition) is 1. The molecule has 0 saturated carbocycles. The Morgan fingerprint density at radius 3 is 2.75 bits per heavy atom. The second-order valence-electron chi connectivity index (χ2n) is 4.04. The molecule has 0 bridgehead atoms. The molecule has 110 valence electrons. The summed E-state index contributed by atoms with van der Waals surface area (Å²) in [5, 5.41) is 8.61. The zero-order valence-corrected chi connectivity index (χ0v) is 12.0. The number of ether oxygens (including phenoxy) is 1. The van der Waals surface area contributed by atoms with Gasteiger partial charge in [-0.2, -0.15) is 0 Å². The Hall–Kier alpha value is -1.58. The predicted octanol–water partition coefficient (Wildman–Crippen LogP) is 1.37. The van der Waals surface area contributed by atoms with Crippen molar-refractivity contribution in [1.82, 2.24) is 0 Å². The van der Waals surface area contributed by atoms with Crippen molar-refractivity contribution in [2.24, 2.45) is 0 Å². The molecule has 1 aromatic rings. The Morgan fingerprint density at radius 1 is 1.35 bits per heavy atom. The molecular weight excluding hydrogens is 283 g/mol. The third-order valence-corrected chi connectivity index (χ3v) is 4.11. The smallest absolute Gasteiger partial charge is 0.153 e. The lowest BCUT2D eigenvalue weighted by molar-refractivity contribution is 0.305. The molecule has 0 fully saturated rings. The zero-order valence-electron chi connectivity index (χ0n) is 11.2. The largest absolute Gasteiger partial charge is 0.492 e. The maximum absolute atomic E-state index is 13.3. The average Bonchev–Trinajstić information content (AvgIpc) is 2.38. The lowest BCUT2D eigenvalue weighted by atomic mass is 10.2. The van der Waals surface area contributed by atoms with Gasteiger partial charge < -0.3 is 9.84 Å². The Labute approximate surface area is 118 Å². The van der Waals surface area contributed by atoms with Crippen molar-refractivity contribution < 1.29 is 22.7 Å². The highest BCUT2D eigenvalue weighted by Crippen LogP contribution is 2.16. The molecule has 0 aliphatic rings. The highest BCUT2D eigenvalue weighted by atomic mass is 32.2. The van der Waals surface area contributed by atoms with Gasteiger partial charge >= 0.3 is 0 Å². The van der Waals surface area contributed by atoms with Crippen LogP contribution in [0.25, 0.3) is 0 Å². The normalized spacial score (nSPS) is 10.8. The van der Waals surface area contributed by atoms with E-state index in [2.05, 4.69) is 11.8 Å². The van der Waals surface area contributed by atoms with Gasteiger partial charge in [-0.05, 0) is 12.1 Å². The lowest BCUT2D eigenvalue weighted by Gasteiger charge is -2.06. The molecule has 0 spiro atoms. The van der Waals surface area contributed by atoms with Crippen LogP contribution >= 0.6 is 0 Å². The number of aliphatic hydroxyl groups is 1. The first-order valence-electron chi connectivity index (χ1n) is 6.20. The summed E-state index contributed by atoms with van der Waals surface area (Å²) >= 11 is 0. The van der Waals surface area contributed by atoms with Crippen LogP contribution in [0.2, 0.25) is 0 Å². The SMILES string of the molecule is CCS(=O)(=O)CCOc1cc(F)cc(C#CCCO)c1. The van der Waals surface area contributed by atoms with E-state index in [9.17, 15) is 12.8 Å². The minimum Gasteiger partial charge on any atom is -0.492 e. The molecule has 0 aliphatic carbocycles. The molecule has 1 rings (SSSR count). The van der Waals surface area contributed by atoms with Crippen molar-refractivity contribution in [2.45, 2.75) is 13.3 Å². The highest BCUT2D eigenvalue weighted by molar-refractivity contribution is 7.91. The van der Waals surface area contributed by atoms with Crippen LogP contribution in [-0.2, 0) is 9.84 Å². The fourth-order valence-corrected chi connectivity index (χ4v) is 2.00. The molecule has 1 N–H and O–H groups in total. The van der Waals surface area contributed by atoms with E-state index >= 15 is 0 Å². The minimum atomic E-state index is -3.10. The van der Waals surface area contributed by atoms with Gasteiger partial charge in [0.2, 0.25) is 0 Å². The number of aliphatic hydroxyl groups excluding tert-OH is 1. The quantitative estimate of drug-likeness (QED) is 0.806. The molecule has 0 aliphatic heterocycles. The van der Waals surface area contributed by atoms with Crippen LogP contribution in [0.5, 0.6) is 5.75 Å². The molecule has 0 amide bonds. The molecule has 0 heterocycles. The van der Waals surface area contributed by atoms with E-state index < -0.39 is 15.7 Å². The van der Waals surface area contributed by atoms with Gasteiger partial charge in [0, 0.05) is 23.8 Å².